The van der Waals surface area contributed by atoms with Crippen LogP contribution in [0.15, 0.2) is 54.2 Å². The van der Waals surface area contributed by atoms with Gasteiger partial charge in [0.2, 0.25) is 0 Å². The molecule has 36 heavy (non-hydrogen) atoms. The fourth-order valence-corrected chi connectivity index (χ4v) is 4.56. The van der Waals surface area contributed by atoms with Crippen LogP contribution in [0.25, 0.3) is 0 Å². The predicted octanol–water partition coefficient (Wildman–Crippen LogP) is 6.83. The average Bonchev–Trinajstić information content (AvgIpc) is 2.77. The number of aliphatic hydroxyl groups is 2. The van der Waals surface area contributed by atoms with Crippen LogP contribution in [0, 0.1) is 11.3 Å². The van der Waals surface area contributed by atoms with Gasteiger partial charge in [-0.2, -0.15) is 13.2 Å². The first-order valence-electron chi connectivity index (χ1n) is 11.7. The van der Waals surface area contributed by atoms with Crippen molar-refractivity contribution in [3.8, 4) is 0 Å². The number of carbonyl (C=O) groups is 1. The number of rotatable bonds is 7. The van der Waals surface area contributed by atoms with E-state index < -0.39 is 23.4 Å². The highest BCUT2D eigenvalue weighted by Crippen LogP contribution is 2.43. The Bertz CT molecular complexity index is 1140. The second-order valence-corrected chi connectivity index (χ2v) is 10.7. The van der Waals surface area contributed by atoms with Crippen LogP contribution >= 0.6 is 11.6 Å². The molecule has 0 aromatic heterocycles. The summed E-state index contributed by atoms with van der Waals surface area (Å²) in [5.74, 6) is 0.0303. The van der Waals surface area contributed by atoms with E-state index in [1.165, 1.54) is 30.9 Å². The minimum absolute atomic E-state index is 0.0303. The summed E-state index contributed by atoms with van der Waals surface area (Å²) in [4.78, 5) is 14.6. The largest absolute Gasteiger partial charge is 0.393 e. The Kier molecular flexibility index (Phi) is 7.84. The van der Waals surface area contributed by atoms with E-state index in [0.29, 0.717) is 21.8 Å². The number of aliphatic hydroxyl groups excluding tert-OH is 1. The van der Waals surface area contributed by atoms with Crippen molar-refractivity contribution in [2.45, 2.75) is 65.5 Å². The summed E-state index contributed by atoms with van der Waals surface area (Å²) < 4.78 is 39.8. The van der Waals surface area contributed by atoms with Gasteiger partial charge in [0, 0.05) is 16.8 Å². The number of hydrogen-bond acceptors (Lipinski definition) is 3. The van der Waals surface area contributed by atoms with Crippen LogP contribution < -0.4 is 10.2 Å². The number of nitrogens with one attached hydrogen (secondary N) is 1. The first kappa shape index (κ1) is 28.0. The van der Waals surface area contributed by atoms with Gasteiger partial charge in [0.05, 0.1) is 16.6 Å². The van der Waals surface area contributed by atoms with Crippen LogP contribution in [0.5, 0.6) is 0 Å². The van der Waals surface area contributed by atoms with Crippen molar-refractivity contribution >= 4 is 23.3 Å². The quantitative estimate of drug-likeness (QED) is 0.348. The fraction of sp³-hybridized carbons (Fsp3) is 0.444. The molecule has 9 heteroatoms. The highest BCUT2D eigenvalue weighted by atomic mass is 35.5. The number of carbonyl (C=O) groups excluding carboxylic acids is 1. The minimum atomic E-state index is -4.31. The van der Waals surface area contributed by atoms with Gasteiger partial charge in [0.1, 0.15) is 0 Å². The molecule has 0 aliphatic carbocycles. The number of benzene rings is 2. The standard InChI is InChI=1S/C27H32ClF3N2O3/c1-16(2)21-15-33(20-10-7-18(8-11-20)23(34)35)24(36)32-26(21,5)19-9-6-17(22(28)14-19)12-13-25(3,4)27(29,30)31/h6-11,14-16,23,34-35H,12-13H2,1-5H3,(H,32,36)/t26-/m0/s1. The number of nitrogens with zero attached hydrogens (tertiary/aromatic N) is 1. The van der Waals surface area contributed by atoms with Gasteiger partial charge in [0.25, 0.3) is 0 Å². The topological polar surface area (TPSA) is 72.8 Å². The molecule has 3 rings (SSSR count). The van der Waals surface area contributed by atoms with Gasteiger partial charge in [-0.15, -0.1) is 0 Å². The van der Waals surface area contributed by atoms with Gasteiger partial charge >= 0.3 is 12.2 Å². The summed E-state index contributed by atoms with van der Waals surface area (Å²) in [6, 6.07) is 11.2. The Labute approximate surface area is 214 Å². The zero-order chi connectivity index (χ0) is 27.1. The van der Waals surface area contributed by atoms with E-state index in [-0.39, 0.29) is 24.8 Å². The van der Waals surface area contributed by atoms with Crippen molar-refractivity contribution in [2.75, 3.05) is 4.90 Å². The molecule has 0 fully saturated rings. The number of halogens is 4. The van der Waals surface area contributed by atoms with Crippen LogP contribution in [-0.4, -0.2) is 22.4 Å². The second kappa shape index (κ2) is 10.1. The Morgan fingerprint density at radius 2 is 1.69 bits per heavy atom. The first-order valence-corrected chi connectivity index (χ1v) is 12.1. The minimum Gasteiger partial charge on any atom is -0.364 e. The van der Waals surface area contributed by atoms with Crippen LogP contribution in [-0.2, 0) is 12.0 Å². The fourth-order valence-electron chi connectivity index (χ4n) is 4.29. The number of aryl methyl sites for hydroxylation is 1. The lowest BCUT2D eigenvalue weighted by atomic mass is 9.77. The molecule has 1 aliphatic rings. The molecule has 2 aromatic carbocycles. The SMILES string of the molecule is CC(C)C1=CN(c2ccc(C(O)O)cc2)C(=O)N[C@@]1(C)c1ccc(CCC(C)(C)C(F)(F)F)c(Cl)c1. The molecule has 3 N–H and O–H groups in total. The summed E-state index contributed by atoms with van der Waals surface area (Å²) in [6.07, 6.45) is -4.07. The van der Waals surface area contributed by atoms with Gasteiger partial charge in [-0.3, -0.25) is 4.90 Å². The molecule has 2 aromatic rings. The van der Waals surface area contributed by atoms with E-state index >= 15 is 0 Å². The van der Waals surface area contributed by atoms with Crippen molar-refractivity contribution in [2.24, 2.45) is 11.3 Å². The number of hydrogen-bond donors (Lipinski definition) is 3. The Morgan fingerprint density at radius 3 is 2.19 bits per heavy atom. The van der Waals surface area contributed by atoms with Crippen molar-refractivity contribution in [1.29, 1.82) is 0 Å². The maximum Gasteiger partial charge on any atom is 0.393 e. The molecule has 0 radical (unpaired) electrons. The van der Waals surface area contributed by atoms with Crippen LogP contribution in [0.1, 0.15) is 64.0 Å². The Balaban J connectivity index is 1.92. The van der Waals surface area contributed by atoms with Crippen molar-refractivity contribution < 1.29 is 28.2 Å². The number of anilines is 1. The van der Waals surface area contributed by atoms with E-state index in [1.54, 1.807) is 36.5 Å². The monoisotopic (exact) mass is 524 g/mol. The van der Waals surface area contributed by atoms with E-state index in [9.17, 15) is 28.2 Å². The highest BCUT2D eigenvalue weighted by Gasteiger charge is 2.46. The lowest BCUT2D eigenvalue weighted by Gasteiger charge is -2.42. The first-order chi connectivity index (χ1) is 16.6. The van der Waals surface area contributed by atoms with E-state index in [1.807, 2.05) is 20.8 Å². The van der Waals surface area contributed by atoms with Gasteiger partial charge in [-0.25, -0.2) is 4.79 Å². The summed E-state index contributed by atoms with van der Waals surface area (Å²) in [7, 11) is 0. The highest BCUT2D eigenvalue weighted by molar-refractivity contribution is 6.31. The van der Waals surface area contributed by atoms with E-state index in [4.69, 9.17) is 11.6 Å². The normalized spacial score (nSPS) is 19.1. The molecule has 1 atom stereocenters. The second-order valence-electron chi connectivity index (χ2n) is 10.3. The lowest BCUT2D eigenvalue weighted by Crippen LogP contribution is -2.54. The molecule has 196 valence electrons. The number of urea groups is 1. The molecule has 5 nitrogen and oxygen atoms in total. The maximum atomic E-state index is 13.3. The zero-order valence-corrected chi connectivity index (χ0v) is 21.7. The maximum absolute atomic E-state index is 13.3. The molecule has 1 heterocycles. The van der Waals surface area contributed by atoms with Gasteiger partial charge in [-0.1, -0.05) is 63.6 Å². The summed E-state index contributed by atoms with van der Waals surface area (Å²) in [5.41, 5.74) is 0.374. The molecule has 0 saturated heterocycles. The lowest BCUT2D eigenvalue weighted by molar-refractivity contribution is -0.213. The molecular weight excluding hydrogens is 493 g/mol. The van der Waals surface area contributed by atoms with Gasteiger partial charge < -0.3 is 15.5 Å². The molecule has 2 amide bonds. The average molecular weight is 525 g/mol. The number of amides is 2. The zero-order valence-electron chi connectivity index (χ0n) is 20.9. The summed E-state index contributed by atoms with van der Waals surface area (Å²) >= 11 is 6.52. The van der Waals surface area contributed by atoms with Crippen molar-refractivity contribution in [3.05, 3.63) is 76.0 Å². The molecule has 0 spiro atoms. The molecule has 0 unspecified atom stereocenters. The van der Waals surface area contributed by atoms with Gasteiger partial charge in [-0.05, 0) is 60.6 Å². The summed E-state index contributed by atoms with van der Waals surface area (Å²) in [5, 5.41) is 22.1. The summed E-state index contributed by atoms with van der Waals surface area (Å²) in [6.45, 7) is 8.23. The molecular formula is C27H32ClF3N2O3. The molecule has 1 aliphatic heterocycles. The Morgan fingerprint density at radius 1 is 1.08 bits per heavy atom. The third-order valence-corrected chi connectivity index (χ3v) is 7.28. The van der Waals surface area contributed by atoms with Crippen LogP contribution in [0.3, 0.4) is 0 Å². The smallest absolute Gasteiger partial charge is 0.364 e. The molecule has 0 saturated carbocycles. The van der Waals surface area contributed by atoms with Gasteiger partial charge in [0.15, 0.2) is 6.29 Å². The molecule has 0 bridgehead atoms. The van der Waals surface area contributed by atoms with Crippen molar-refractivity contribution in [1.82, 2.24) is 5.32 Å². The predicted molar refractivity (Wildman–Crippen MR) is 135 cm³/mol. The van der Waals surface area contributed by atoms with E-state index in [0.717, 1.165) is 11.1 Å². The van der Waals surface area contributed by atoms with Crippen molar-refractivity contribution in [3.63, 3.8) is 0 Å². The van der Waals surface area contributed by atoms with Crippen LogP contribution in [0.2, 0.25) is 5.02 Å². The third kappa shape index (κ3) is 5.56. The number of alkyl halides is 3. The van der Waals surface area contributed by atoms with E-state index in [2.05, 4.69) is 5.32 Å². The van der Waals surface area contributed by atoms with Crippen LogP contribution in [0.4, 0.5) is 23.7 Å². The third-order valence-electron chi connectivity index (χ3n) is 6.93. The Hall–Kier alpha value is -2.55.